The first kappa shape index (κ1) is 25.9. The van der Waals surface area contributed by atoms with E-state index in [0.29, 0.717) is 6.10 Å². The zero-order valence-corrected chi connectivity index (χ0v) is 20.8. The van der Waals surface area contributed by atoms with Crippen LogP contribution in [0.3, 0.4) is 0 Å². The normalized spacial score (nSPS) is 21.4. The summed E-state index contributed by atoms with van der Waals surface area (Å²) in [5.41, 5.74) is 0.109. The third kappa shape index (κ3) is 7.95. The molecule has 1 atom stereocenters. The maximum Gasteiger partial charge on any atom is 0.191 e. The van der Waals surface area contributed by atoms with Crippen molar-refractivity contribution in [3.8, 4) is 0 Å². The van der Waals surface area contributed by atoms with Gasteiger partial charge in [-0.25, -0.2) is 0 Å². The predicted molar refractivity (Wildman–Crippen MR) is 128 cm³/mol. The van der Waals surface area contributed by atoms with Crippen LogP contribution >= 0.6 is 24.0 Å². The van der Waals surface area contributed by atoms with Crippen LogP contribution in [-0.4, -0.2) is 76.1 Å². The van der Waals surface area contributed by atoms with Crippen LogP contribution in [0.15, 0.2) is 4.99 Å². The number of likely N-dealkylation sites (N-methyl/N-ethyl adjacent to an activating group) is 1. The SMILES string of the molecule is CCNC(=NCC1(N(C)C)CCOCC1)NCCC(OCC)C1CCCC1.I. The first-order valence-corrected chi connectivity index (χ1v) is 11.0. The van der Waals surface area contributed by atoms with Gasteiger partial charge in [0.2, 0.25) is 0 Å². The van der Waals surface area contributed by atoms with E-state index in [2.05, 4.69) is 43.5 Å². The molecule has 166 valence electrons. The molecule has 2 aliphatic rings. The highest BCUT2D eigenvalue weighted by atomic mass is 127. The Labute approximate surface area is 189 Å². The van der Waals surface area contributed by atoms with Gasteiger partial charge in [-0.15, -0.1) is 24.0 Å². The standard InChI is InChI=1S/C21H42N4O2.HI/c1-5-22-20(24-17-21(25(3)4)12-15-26-16-13-21)23-14-11-19(27-6-2)18-9-7-8-10-18;/h18-19H,5-17H2,1-4H3,(H2,22,23,24);1H. The van der Waals surface area contributed by atoms with Crippen LogP contribution in [0, 0.1) is 5.92 Å². The van der Waals surface area contributed by atoms with Crippen LogP contribution in [0.25, 0.3) is 0 Å². The fourth-order valence-electron chi connectivity index (χ4n) is 4.40. The number of hydrogen-bond acceptors (Lipinski definition) is 4. The predicted octanol–water partition coefficient (Wildman–Crippen LogP) is 3.26. The van der Waals surface area contributed by atoms with E-state index in [9.17, 15) is 0 Å². The molecule has 0 aromatic heterocycles. The van der Waals surface area contributed by atoms with Crippen molar-refractivity contribution >= 4 is 29.9 Å². The fraction of sp³-hybridized carbons (Fsp3) is 0.952. The molecule has 0 bridgehead atoms. The number of hydrogen-bond donors (Lipinski definition) is 2. The molecule has 0 radical (unpaired) electrons. The molecule has 2 N–H and O–H groups in total. The van der Waals surface area contributed by atoms with Gasteiger partial charge in [0.05, 0.1) is 12.6 Å². The lowest BCUT2D eigenvalue weighted by Crippen LogP contribution is -2.51. The van der Waals surface area contributed by atoms with E-state index in [1.165, 1.54) is 25.7 Å². The van der Waals surface area contributed by atoms with E-state index in [1.54, 1.807) is 0 Å². The van der Waals surface area contributed by atoms with E-state index in [-0.39, 0.29) is 29.5 Å². The van der Waals surface area contributed by atoms with Crippen LogP contribution < -0.4 is 10.6 Å². The van der Waals surface area contributed by atoms with Gasteiger partial charge in [-0.05, 0) is 66.0 Å². The topological polar surface area (TPSA) is 58.1 Å². The minimum absolute atomic E-state index is 0. The lowest BCUT2D eigenvalue weighted by Gasteiger charge is -2.41. The van der Waals surface area contributed by atoms with Gasteiger partial charge < -0.3 is 25.0 Å². The number of nitrogens with zero attached hydrogens (tertiary/aromatic N) is 2. The largest absolute Gasteiger partial charge is 0.381 e. The molecule has 0 spiro atoms. The van der Waals surface area contributed by atoms with Crippen molar-refractivity contribution in [1.82, 2.24) is 15.5 Å². The molecule has 1 heterocycles. The van der Waals surface area contributed by atoms with Crippen LogP contribution in [-0.2, 0) is 9.47 Å². The minimum atomic E-state index is 0. The average Bonchev–Trinajstić information content (AvgIpc) is 3.20. The summed E-state index contributed by atoms with van der Waals surface area (Å²) in [5, 5.41) is 6.94. The molecule has 2 fully saturated rings. The fourth-order valence-corrected chi connectivity index (χ4v) is 4.40. The Bertz CT molecular complexity index is 436. The monoisotopic (exact) mass is 510 g/mol. The number of aliphatic imine (C=N–C) groups is 1. The molecule has 0 aromatic rings. The van der Waals surface area contributed by atoms with E-state index in [1.807, 2.05) is 0 Å². The summed E-state index contributed by atoms with van der Waals surface area (Å²) in [6.07, 6.45) is 8.89. The van der Waals surface area contributed by atoms with Gasteiger partial charge in [-0.2, -0.15) is 0 Å². The Morgan fingerprint density at radius 3 is 2.43 bits per heavy atom. The Hall–Kier alpha value is -0.120. The molecule has 1 aliphatic heterocycles. The van der Waals surface area contributed by atoms with Gasteiger partial charge in [-0.3, -0.25) is 4.99 Å². The quantitative estimate of drug-likeness (QED) is 0.269. The van der Waals surface area contributed by atoms with Crippen molar-refractivity contribution in [3.05, 3.63) is 0 Å². The maximum atomic E-state index is 6.05. The molecule has 1 saturated heterocycles. The van der Waals surface area contributed by atoms with Crippen LogP contribution in [0.5, 0.6) is 0 Å². The van der Waals surface area contributed by atoms with E-state index >= 15 is 0 Å². The molecular formula is C21H43IN4O2. The molecule has 1 unspecified atom stereocenters. The second-order valence-electron chi connectivity index (χ2n) is 8.18. The Morgan fingerprint density at radius 2 is 1.86 bits per heavy atom. The lowest BCUT2D eigenvalue weighted by molar-refractivity contribution is -0.00257. The van der Waals surface area contributed by atoms with Gasteiger partial charge >= 0.3 is 0 Å². The average molecular weight is 511 g/mol. The second-order valence-corrected chi connectivity index (χ2v) is 8.18. The number of ether oxygens (including phenoxy) is 2. The molecule has 28 heavy (non-hydrogen) atoms. The Balaban J connectivity index is 0.00000392. The summed E-state index contributed by atoms with van der Waals surface area (Å²) in [5.74, 6) is 1.66. The van der Waals surface area contributed by atoms with Crippen molar-refractivity contribution in [2.45, 2.75) is 70.4 Å². The van der Waals surface area contributed by atoms with Crippen molar-refractivity contribution < 1.29 is 9.47 Å². The molecule has 0 amide bonds. The summed E-state index contributed by atoms with van der Waals surface area (Å²) >= 11 is 0. The molecule has 7 heteroatoms. The van der Waals surface area contributed by atoms with Gasteiger partial charge in [0.25, 0.3) is 0 Å². The molecule has 6 nitrogen and oxygen atoms in total. The molecular weight excluding hydrogens is 467 g/mol. The number of rotatable bonds is 10. The van der Waals surface area contributed by atoms with Crippen molar-refractivity contribution in [2.75, 3.05) is 53.6 Å². The molecule has 0 aromatic carbocycles. The lowest BCUT2D eigenvalue weighted by atomic mass is 9.89. The Kier molecular flexibility index (Phi) is 12.9. The van der Waals surface area contributed by atoms with Gasteiger partial charge in [-0.1, -0.05) is 12.8 Å². The summed E-state index contributed by atoms with van der Waals surface area (Å²) in [6.45, 7) is 9.28. The van der Waals surface area contributed by atoms with Gasteiger partial charge in [0, 0.05) is 38.4 Å². The maximum absolute atomic E-state index is 6.05. The molecule has 1 aliphatic carbocycles. The summed E-state index contributed by atoms with van der Waals surface area (Å²) in [6, 6.07) is 0. The zero-order chi connectivity index (χ0) is 19.5. The van der Waals surface area contributed by atoms with E-state index in [4.69, 9.17) is 14.5 Å². The third-order valence-corrected chi connectivity index (χ3v) is 6.28. The first-order chi connectivity index (χ1) is 13.1. The number of nitrogens with one attached hydrogen (secondary N) is 2. The van der Waals surface area contributed by atoms with Crippen molar-refractivity contribution in [1.29, 1.82) is 0 Å². The van der Waals surface area contributed by atoms with E-state index < -0.39 is 0 Å². The summed E-state index contributed by atoms with van der Waals surface area (Å²) in [4.78, 5) is 7.25. The smallest absolute Gasteiger partial charge is 0.191 e. The van der Waals surface area contributed by atoms with Crippen molar-refractivity contribution in [2.24, 2.45) is 10.9 Å². The molecule has 2 rings (SSSR count). The highest BCUT2D eigenvalue weighted by molar-refractivity contribution is 14.0. The summed E-state index contributed by atoms with van der Waals surface area (Å²) < 4.78 is 11.6. The van der Waals surface area contributed by atoms with Crippen LogP contribution in [0.4, 0.5) is 0 Å². The van der Waals surface area contributed by atoms with Gasteiger partial charge in [0.1, 0.15) is 0 Å². The molecule has 1 saturated carbocycles. The third-order valence-electron chi connectivity index (χ3n) is 6.28. The van der Waals surface area contributed by atoms with Gasteiger partial charge in [0.15, 0.2) is 5.96 Å². The highest BCUT2D eigenvalue weighted by Crippen LogP contribution is 2.30. The zero-order valence-electron chi connectivity index (χ0n) is 18.5. The number of halogens is 1. The van der Waals surface area contributed by atoms with Crippen molar-refractivity contribution in [3.63, 3.8) is 0 Å². The summed E-state index contributed by atoms with van der Waals surface area (Å²) in [7, 11) is 4.32. The first-order valence-electron chi connectivity index (χ1n) is 11.0. The highest BCUT2D eigenvalue weighted by Gasteiger charge is 2.34. The van der Waals surface area contributed by atoms with E-state index in [0.717, 1.165) is 70.6 Å². The number of guanidine groups is 1. The van der Waals surface area contributed by atoms with Crippen LogP contribution in [0.2, 0.25) is 0 Å². The van der Waals surface area contributed by atoms with Crippen LogP contribution in [0.1, 0.15) is 58.8 Å². The minimum Gasteiger partial charge on any atom is -0.381 e. The second kappa shape index (κ2) is 14.0. The Morgan fingerprint density at radius 1 is 1.18 bits per heavy atom.